The van der Waals surface area contributed by atoms with E-state index in [-0.39, 0.29) is 12.5 Å². The number of aromatic nitrogens is 5. The Bertz CT molecular complexity index is 1490. The Morgan fingerprint density at radius 1 is 1.06 bits per heavy atom. The normalized spacial score (nSPS) is 10.9. The van der Waals surface area contributed by atoms with Crippen molar-refractivity contribution < 1.29 is 9.53 Å². The molecule has 3 aromatic heterocycles. The number of ether oxygens (including phenoxy) is 1. The van der Waals surface area contributed by atoms with Gasteiger partial charge in [0.15, 0.2) is 0 Å². The first-order valence-electron chi connectivity index (χ1n) is 10.5. The summed E-state index contributed by atoms with van der Waals surface area (Å²) in [7, 11) is 1.75. The predicted octanol–water partition coefficient (Wildman–Crippen LogP) is 4.91. The van der Waals surface area contributed by atoms with Crippen molar-refractivity contribution in [3.8, 4) is 17.0 Å². The molecule has 1 N–H and O–H groups in total. The molecule has 0 atom stereocenters. The lowest BCUT2D eigenvalue weighted by molar-refractivity contribution is 0.102. The average Bonchev–Trinajstić information content (AvgIpc) is 3.16. The van der Waals surface area contributed by atoms with Gasteiger partial charge in [-0.15, -0.1) is 0 Å². The monoisotopic (exact) mass is 470 g/mol. The van der Waals surface area contributed by atoms with Gasteiger partial charge in [0.25, 0.3) is 5.91 Å². The molecule has 2 aromatic carbocycles. The van der Waals surface area contributed by atoms with E-state index in [2.05, 4.69) is 25.6 Å². The number of halogens is 1. The van der Waals surface area contributed by atoms with Gasteiger partial charge in [0.2, 0.25) is 0 Å². The summed E-state index contributed by atoms with van der Waals surface area (Å²) >= 11 is 6.49. The maximum atomic E-state index is 13.1. The van der Waals surface area contributed by atoms with Crippen LogP contribution in [0.15, 0.2) is 79.3 Å². The molecule has 0 aliphatic carbocycles. The second kappa shape index (κ2) is 9.29. The van der Waals surface area contributed by atoms with E-state index >= 15 is 0 Å². The van der Waals surface area contributed by atoms with Gasteiger partial charge in [0, 0.05) is 18.0 Å². The molecule has 9 heteroatoms. The molecule has 0 bridgehead atoms. The minimum absolute atomic E-state index is 0.117. The Balaban J connectivity index is 1.38. The molecule has 0 saturated heterocycles. The first kappa shape index (κ1) is 21.5. The highest BCUT2D eigenvalue weighted by atomic mass is 35.5. The Kier molecular flexibility index (Phi) is 5.88. The highest BCUT2D eigenvalue weighted by molar-refractivity contribution is 6.30. The third-order valence-electron chi connectivity index (χ3n) is 5.28. The number of hydrogen-bond donors (Lipinski definition) is 1. The SMILES string of the molecule is Cn1nc(-c2ccnnc2)c(COc2ccccc2C(=O)Nc2cnc3ccccc3c2)c1Cl. The standard InChI is InChI=1S/C25H19ClN6O2/c1-32-24(26)20(23(31-32)17-10-11-28-29-13-17)15-34-22-9-5-3-7-19(22)25(33)30-18-12-16-6-2-4-8-21(16)27-14-18/h2-14H,15H2,1H3,(H,30,33). The highest BCUT2D eigenvalue weighted by Gasteiger charge is 2.19. The zero-order valence-electron chi connectivity index (χ0n) is 18.1. The average molecular weight is 471 g/mol. The van der Waals surface area contributed by atoms with E-state index in [1.807, 2.05) is 36.4 Å². The van der Waals surface area contributed by atoms with Gasteiger partial charge in [0.05, 0.1) is 40.9 Å². The Hall–Kier alpha value is -4.30. The molecule has 3 heterocycles. The van der Waals surface area contributed by atoms with Crippen molar-refractivity contribution in [1.29, 1.82) is 0 Å². The molecule has 8 nitrogen and oxygen atoms in total. The summed E-state index contributed by atoms with van der Waals surface area (Å²) in [4.78, 5) is 17.5. The van der Waals surface area contributed by atoms with Crippen LogP contribution < -0.4 is 10.1 Å². The van der Waals surface area contributed by atoms with E-state index in [0.717, 1.165) is 16.5 Å². The van der Waals surface area contributed by atoms with Gasteiger partial charge in [-0.05, 0) is 30.3 Å². The van der Waals surface area contributed by atoms with Crippen LogP contribution in [0.5, 0.6) is 5.75 Å². The molecule has 0 saturated carbocycles. The van der Waals surface area contributed by atoms with Crippen LogP contribution in [0.2, 0.25) is 5.15 Å². The molecule has 0 fully saturated rings. The number of rotatable bonds is 6. The van der Waals surface area contributed by atoms with Crippen molar-refractivity contribution >= 4 is 34.1 Å². The number of nitrogens with zero attached hydrogens (tertiary/aromatic N) is 5. The Morgan fingerprint density at radius 3 is 2.74 bits per heavy atom. The number of anilines is 1. The van der Waals surface area contributed by atoms with Crippen LogP contribution in [-0.4, -0.2) is 30.9 Å². The number of nitrogens with one attached hydrogen (secondary N) is 1. The molecule has 0 aliphatic rings. The fourth-order valence-electron chi connectivity index (χ4n) is 3.61. The summed E-state index contributed by atoms with van der Waals surface area (Å²) in [5.74, 6) is 0.121. The maximum Gasteiger partial charge on any atom is 0.259 e. The van der Waals surface area contributed by atoms with E-state index in [4.69, 9.17) is 16.3 Å². The summed E-state index contributed by atoms with van der Waals surface area (Å²) < 4.78 is 7.63. The summed E-state index contributed by atoms with van der Waals surface area (Å²) in [5.41, 5.74) is 3.95. The number of benzene rings is 2. The second-order valence-electron chi connectivity index (χ2n) is 7.53. The van der Waals surface area contributed by atoms with Crippen LogP contribution in [-0.2, 0) is 13.7 Å². The minimum atomic E-state index is -0.302. The van der Waals surface area contributed by atoms with Crippen molar-refractivity contribution in [3.05, 3.63) is 95.5 Å². The first-order valence-corrected chi connectivity index (χ1v) is 10.8. The van der Waals surface area contributed by atoms with Crippen molar-refractivity contribution in [3.63, 3.8) is 0 Å². The molecular weight excluding hydrogens is 452 g/mol. The van der Waals surface area contributed by atoms with Gasteiger partial charge >= 0.3 is 0 Å². The summed E-state index contributed by atoms with van der Waals surface area (Å²) in [5, 5.41) is 16.5. The van der Waals surface area contributed by atoms with Crippen LogP contribution in [0, 0.1) is 0 Å². The molecule has 5 rings (SSSR count). The number of aryl methyl sites for hydroxylation is 1. The predicted molar refractivity (Wildman–Crippen MR) is 130 cm³/mol. The number of fused-ring (bicyclic) bond motifs is 1. The fourth-order valence-corrected chi connectivity index (χ4v) is 3.79. The number of para-hydroxylation sites is 2. The first-order chi connectivity index (χ1) is 16.6. The third-order valence-corrected chi connectivity index (χ3v) is 5.75. The number of pyridine rings is 1. The number of hydrogen-bond acceptors (Lipinski definition) is 6. The molecule has 0 radical (unpaired) electrons. The molecule has 1 amide bonds. The largest absolute Gasteiger partial charge is 0.488 e. The Morgan fingerprint density at radius 2 is 1.88 bits per heavy atom. The van der Waals surface area contributed by atoms with Gasteiger partial charge in [0.1, 0.15) is 23.2 Å². The van der Waals surface area contributed by atoms with Crippen molar-refractivity contribution in [1.82, 2.24) is 25.0 Å². The lowest BCUT2D eigenvalue weighted by atomic mass is 10.1. The van der Waals surface area contributed by atoms with E-state index in [0.29, 0.717) is 33.4 Å². The van der Waals surface area contributed by atoms with E-state index in [9.17, 15) is 4.79 Å². The second-order valence-corrected chi connectivity index (χ2v) is 7.89. The molecule has 5 aromatic rings. The van der Waals surface area contributed by atoms with Crippen LogP contribution in [0.3, 0.4) is 0 Å². The van der Waals surface area contributed by atoms with Gasteiger partial charge in [-0.1, -0.05) is 41.9 Å². The molecule has 168 valence electrons. The molecule has 0 unspecified atom stereocenters. The van der Waals surface area contributed by atoms with Crippen LogP contribution in [0.4, 0.5) is 5.69 Å². The van der Waals surface area contributed by atoms with Crippen LogP contribution in [0.1, 0.15) is 15.9 Å². The van der Waals surface area contributed by atoms with Gasteiger partial charge in [-0.3, -0.25) is 14.5 Å². The van der Waals surface area contributed by atoms with Crippen LogP contribution in [0.25, 0.3) is 22.2 Å². The fraction of sp³-hybridized carbons (Fsp3) is 0.0800. The molecule has 0 aliphatic heterocycles. The molecule has 34 heavy (non-hydrogen) atoms. The number of carbonyl (C=O) groups excluding carboxylic acids is 1. The lowest BCUT2D eigenvalue weighted by Gasteiger charge is -2.12. The van der Waals surface area contributed by atoms with Gasteiger partial charge in [-0.2, -0.15) is 15.3 Å². The zero-order valence-corrected chi connectivity index (χ0v) is 18.9. The topological polar surface area (TPSA) is 94.8 Å². The van der Waals surface area contributed by atoms with E-state index in [1.165, 1.54) is 0 Å². The number of amides is 1. The smallest absolute Gasteiger partial charge is 0.259 e. The lowest BCUT2D eigenvalue weighted by Crippen LogP contribution is -2.14. The Labute approximate surface area is 200 Å². The molecular formula is C25H19ClN6O2. The van der Waals surface area contributed by atoms with Crippen LogP contribution >= 0.6 is 11.6 Å². The molecule has 0 spiro atoms. The van der Waals surface area contributed by atoms with E-state index in [1.54, 1.807) is 54.6 Å². The highest BCUT2D eigenvalue weighted by Crippen LogP contribution is 2.30. The maximum absolute atomic E-state index is 13.1. The number of carbonyl (C=O) groups is 1. The van der Waals surface area contributed by atoms with Gasteiger partial charge in [-0.25, -0.2) is 0 Å². The zero-order chi connectivity index (χ0) is 23.5. The van der Waals surface area contributed by atoms with Crippen molar-refractivity contribution in [2.75, 3.05) is 5.32 Å². The third kappa shape index (κ3) is 4.31. The summed E-state index contributed by atoms with van der Waals surface area (Å²) in [6, 6.07) is 18.4. The van der Waals surface area contributed by atoms with E-state index < -0.39 is 0 Å². The summed E-state index contributed by atoms with van der Waals surface area (Å²) in [6.45, 7) is 0.117. The van der Waals surface area contributed by atoms with Crippen molar-refractivity contribution in [2.45, 2.75) is 6.61 Å². The minimum Gasteiger partial charge on any atom is -0.488 e. The summed E-state index contributed by atoms with van der Waals surface area (Å²) in [6.07, 6.45) is 4.83. The quantitative estimate of drug-likeness (QED) is 0.379. The van der Waals surface area contributed by atoms with Gasteiger partial charge < -0.3 is 10.1 Å². The van der Waals surface area contributed by atoms with Crippen molar-refractivity contribution in [2.24, 2.45) is 7.05 Å².